The third kappa shape index (κ3) is 3.98. The minimum absolute atomic E-state index is 0.0207. The van der Waals surface area contributed by atoms with Crippen LogP contribution in [0.2, 0.25) is 0 Å². The molecule has 1 unspecified atom stereocenters. The highest BCUT2D eigenvalue weighted by atomic mass is 16.3. The number of anilines is 1. The predicted octanol–water partition coefficient (Wildman–Crippen LogP) is 2.60. The van der Waals surface area contributed by atoms with Crippen molar-refractivity contribution >= 4 is 28.3 Å². The minimum Gasteiger partial charge on any atom is -0.507 e. The zero-order chi connectivity index (χ0) is 19.6. The van der Waals surface area contributed by atoms with Crippen LogP contribution in [-0.4, -0.2) is 34.1 Å². The summed E-state index contributed by atoms with van der Waals surface area (Å²) < 4.78 is 0. The van der Waals surface area contributed by atoms with E-state index in [1.54, 1.807) is 12.1 Å². The second-order valence-corrected chi connectivity index (χ2v) is 7.10. The fourth-order valence-corrected chi connectivity index (χ4v) is 3.50. The Bertz CT molecular complexity index is 873. The summed E-state index contributed by atoms with van der Waals surface area (Å²) in [6.07, 6.45) is 5.04. The number of phenols is 2. The lowest BCUT2D eigenvalue weighted by Crippen LogP contribution is -2.37. The van der Waals surface area contributed by atoms with E-state index in [1.165, 1.54) is 19.1 Å². The molecule has 7 heteroatoms. The highest BCUT2D eigenvalue weighted by Gasteiger charge is 2.25. The second kappa shape index (κ2) is 7.84. The van der Waals surface area contributed by atoms with Crippen molar-refractivity contribution in [3.63, 3.8) is 0 Å². The molecule has 1 atom stereocenters. The summed E-state index contributed by atoms with van der Waals surface area (Å²) in [5.74, 6) is -1.31. The van der Waals surface area contributed by atoms with E-state index in [0.29, 0.717) is 10.8 Å². The van der Waals surface area contributed by atoms with Gasteiger partial charge in [-0.05, 0) is 31.9 Å². The van der Waals surface area contributed by atoms with Gasteiger partial charge in [-0.15, -0.1) is 0 Å². The molecule has 7 nitrogen and oxygen atoms in total. The van der Waals surface area contributed by atoms with Crippen LogP contribution in [0.25, 0.3) is 10.8 Å². The highest BCUT2D eigenvalue weighted by Crippen LogP contribution is 2.38. The Morgan fingerprint density at radius 3 is 2.48 bits per heavy atom. The Morgan fingerprint density at radius 1 is 1.11 bits per heavy atom. The van der Waals surface area contributed by atoms with Gasteiger partial charge in [-0.2, -0.15) is 0 Å². The molecule has 0 aliphatic heterocycles. The fraction of sp³-hybridized carbons (Fsp3) is 0.400. The number of hydrogen-bond donors (Lipinski definition) is 5. The summed E-state index contributed by atoms with van der Waals surface area (Å²) in [6.45, 7) is 1.53. The van der Waals surface area contributed by atoms with Crippen molar-refractivity contribution in [3.05, 3.63) is 29.8 Å². The first-order chi connectivity index (χ1) is 12.9. The topological polar surface area (TPSA) is 125 Å². The molecule has 6 N–H and O–H groups in total. The first-order valence-corrected chi connectivity index (χ1v) is 9.23. The third-order valence-electron chi connectivity index (χ3n) is 4.97. The van der Waals surface area contributed by atoms with E-state index in [1.807, 2.05) is 0 Å². The number of nitrogens with one attached hydrogen (secondary N) is 2. The number of carbonyl (C=O) groups excluding carboxylic acids is 2. The molecule has 1 saturated carbocycles. The molecule has 27 heavy (non-hydrogen) atoms. The smallest absolute Gasteiger partial charge is 0.257 e. The normalized spacial score (nSPS) is 16.1. The first-order valence-electron chi connectivity index (χ1n) is 9.23. The monoisotopic (exact) mass is 371 g/mol. The van der Waals surface area contributed by atoms with Crippen molar-refractivity contribution in [1.29, 1.82) is 0 Å². The lowest BCUT2D eigenvalue weighted by molar-refractivity contribution is -0.117. The van der Waals surface area contributed by atoms with Crippen LogP contribution in [0.15, 0.2) is 24.3 Å². The van der Waals surface area contributed by atoms with Crippen LogP contribution >= 0.6 is 0 Å². The zero-order valence-corrected chi connectivity index (χ0v) is 15.3. The molecule has 0 bridgehead atoms. The molecule has 0 radical (unpaired) electrons. The molecule has 3 rings (SSSR count). The number of fused-ring (bicyclic) bond motifs is 1. The van der Waals surface area contributed by atoms with E-state index in [4.69, 9.17) is 5.73 Å². The second-order valence-electron chi connectivity index (χ2n) is 7.10. The van der Waals surface area contributed by atoms with Crippen LogP contribution in [0.4, 0.5) is 5.69 Å². The van der Waals surface area contributed by atoms with Gasteiger partial charge < -0.3 is 26.6 Å². The van der Waals surface area contributed by atoms with E-state index >= 15 is 0 Å². The maximum atomic E-state index is 12.9. The van der Waals surface area contributed by atoms with Gasteiger partial charge in [-0.25, -0.2) is 0 Å². The van der Waals surface area contributed by atoms with Crippen molar-refractivity contribution in [1.82, 2.24) is 5.32 Å². The Hall–Kier alpha value is -2.80. The molecule has 1 fully saturated rings. The van der Waals surface area contributed by atoms with Crippen molar-refractivity contribution in [2.45, 2.75) is 51.1 Å². The molecule has 2 amide bonds. The fourth-order valence-electron chi connectivity index (χ4n) is 3.50. The van der Waals surface area contributed by atoms with Gasteiger partial charge in [0.05, 0.1) is 11.7 Å². The number of carbonyl (C=O) groups is 2. The van der Waals surface area contributed by atoms with Crippen LogP contribution in [0.3, 0.4) is 0 Å². The number of rotatable bonds is 4. The summed E-state index contributed by atoms with van der Waals surface area (Å²) >= 11 is 0. The van der Waals surface area contributed by atoms with Gasteiger partial charge in [-0.3, -0.25) is 9.59 Å². The van der Waals surface area contributed by atoms with Crippen LogP contribution in [0, 0.1) is 0 Å². The van der Waals surface area contributed by atoms with E-state index in [0.717, 1.165) is 32.1 Å². The Labute approximate surface area is 157 Å². The first kappa shape index (κ1) is 19.0. The number of amides is 2. The summed E-state index contributed by atoms with van der Waals surface area (Å²) in [5.41, 5.74) is 5.78. The number of hydrogen-bond acceptors (Lipinski definition) is 5. The number of phenolic OH excluding ortho intramolecular Hbond substituents is 2. The third-order valence-corrected chi connectivity index (χ3v) is 4.97. The van der Waals surface area contributed by atoms with Crippen molar-refractivity contribution in [2.24, 2.45) is 5.73 Å². The average molecular weight is 371 g/mol. The molecular formula is C20H25N3O4. The Kier molecular flexibility index (Phi) is 5.51. The van der Waals surface area contributed by atoms with Crippen LogP contribution in [-0.2, 0) is 4.79 Å². The van der Waals surface area contributed by atoms with Gasteiger partial charge in [0.1, 0.15) is 17.1 Å². The molecule has 1 aliphatic carbocycles. The summed E-state index contributed by atoms with van der Waals surface area (Å²) in [4.78, 5) is 25.1. The number of aromatic hydroxyl groups is 2. The standard InChI is InChI=1S/C20H25N3O4/c1-11(21)19(26)23-18-13-8-5-9-15(24)14(13)10-16(25)17(18)20(27)22-12-6-3-2-4-7-12/h5,8-12,24-25H,2-4,6-7,21H2,1H3,(H,22,27)(H,23,26). The van der Waals surface area contributed by atoms with Crippen molar-refractivity contribution in [2.75, 3.05) is 5.32 Å². The number of nitrogens with two attached hydrogens (primary N) is 1. The van der Waals surface area contributed by atoms with Gasteiger partial charge in [0.25, 0.3) is 5.91 Å². The maximum absolute atomic E-state index is 12.9. The quantitative estimate of drug-likeness (QED) is 0.565. The molecule has 2 aromatic carbocycles. The summed E-state index contributed by atoms with van der Waals surface area (Å²) in [6, 6.07) is 5.33. The highest BCUT2D eigenvalue weighted by molar-refractivity contribution is 6.15. The zero-order valence-electron chi connectivity index (χ0n) is 15.3. The van der Waals surface area contributed by atoms with Crippen molar-refractivity contribution in [3.8, 4) is 11.5 Å². The van der Waals surface area contributed by atoms with E-state index in [9.17, 15) is 19.8 Å². The lowest BCUT2D eigenvalue weighted by Gasteiger charge is -2.24. The maximum Gasteiger partial charge on any atom is 0.257 e. The van der Waals surface area contributed by atoms with E-state index in [2.05, 4.69) is 10.6 Å². The molecule has 0 aromatic heterocycles. The summed E-state index contributed by atoms with van der Waals surface area (Å²) in [7, 11) is 0. The molecular weight excluding hydrogens is 346 g/mol. The molecule has 0 spiro atoms. The number of benzene rings is 2. The minimum atomic E-state index is -0.797. The Balaban J connectivity index is 2.07. The van der Waals surface area contributed by atoms with Gasteiger partial charge >= 0.3 is 0 Å². The summed E-state index contributed by atoms with van der Waals surface area (Å²) in [5, 5.41) is 27.0. The SMILES string of the molecule is CC(N)C(=O)Nc1c(C(=O)NC2CCCCC2)c(O)cc2c(O)cccc12. The van der Waals surface area contributed by atoms with Gasteiger partial charge in [-0.1, -0.05) is 31.4 Å². The van der Waals surface area contributed by atoms with Crippen LogP contribution in [0.1, 0.15) is 49.4 Å². The molecule has 2 aromatic rings. The van der Waals surface area contributed by atoms with Gasteiger partial charge in [0.15, 0.2) is 0 Å². The van der Waals surface area contributed by atoms with Gasteiger partial charge in [0, 0.05) is 16.8 Å². The predicted molar refractivity (Wildman–Crippen MR) is 104 cm³/mol. The lowest BCUT2D eigenvalue weighted by atomic mass is 9.94. The molecule has 0 heterocycles. The van der Waals surface area contributed by atoms with E-state index < -0.39 is 17.9 Å². The average Bonchev–Trinajstić information content (AvgIpc) is 2.63. The van der Waals surface area contributed by atoms with Crippen molar-refractivity contribution < 1.29 is 19.8 Å². The van der Waals surface area contributed by atoms with Crippen LogP contribution < -0.4 is 16.4 Å². The van der Waals surface area contributed by atoms with Crippen LogP contribution in [0.5, 0.6) is 11.5 Å². The molecule has 0 saturated heterocycles. The Morgan fingerprint density at radius 2 is 1.81 bits per heavy atom. The largest absolute Gasteiger partial charge is 0.507 e. The molecule has 1 aliphatic rings. The van der Waals surface area contributed by atoms with Gasteiger partial charge in [0.2, 0.25) is 5.91 Å². The van der Waals surface area contributed by atoms with E-state index in [-0.39, 0.29) is 28.8 Å². The molecule has 144 valence electrons.